The summed E-state index contributed by atoms with van der Waals surface area (Å²) in [7, 11) is 0. The van der Waals surface area contributed by atoms with E-state index in [0.717, 1.165) is 67.8 Å². The molecule has 1 aromatic heterocycles. The number of rotatable bonds is 2. The summed E-state index contributed by atoms with van der Waals surface area (Å²) < 4.78 is 6.11. The second-order valence-electron chi connectivity index (χ2n) is 10.6. The number of benzene rings is 5. The van der Waals surface area contributed by atoms with Crippen LogP contribution in [0.25, 0.3) is 32.7 Å². The normalized spacial score (nSPS) is 22.2. The first-order chi connectivity index (χ1) is 19.1. The third-order valence-corrected chi connectivity index (χ3v) is 8.66. The van der Waals surface area contributed by atoms with Crippen molar-refractivity contribution < 1.29 is 14.6 Å². The van der Waals surface area contributed by atoms with Crippen molar-refractivity contribution in [2.24, 2.45) is 0 Å². The molecule has 2 aliphatic carbocycles. The predicted molar refractivity (Wildman–Crippen MR) is 156 cm³/mol. The van der Waals surface area contributed by atoms with Gasteiger partial charge in [0, 0.05) is 16.3 Å². The minimum absolute atomic E-state index is 0.693. The quantitative estimate of drug-likeness (QED) is 0.251. The summed E-state index contributed by atoms with van der Waals surface area (Å²) in [6.07, 6.45) is 7.81. The Morgan fingerprint density at radius 1 is 0.615 bits per heavy atom. The molecule has 3 heteroatoms. The topological polar surface area (TPSA) is 53.6 Å². The van der Waals surface area contributed by atoms with Gasteiger partial charge in [-0.15, -0.1) is 0 Å². The number of fused-ring (bicyclic) bond motifs is 7. The van der Waals surface area contributed by atoms with Crippen molar-refractivity contribution in [2.75, 3.05) is 0 Å². The van der Waals surface area contributed by atoms with Crippen molar-refractivity contribution >= 4 is 32.7 Å². The van der Waals surface area contributed by atoms with E-state index >= 15 is 0 Å². The van der Waals surface area contributed by atoms with Crippen molar-refractivity contribution in [1.29, 1.82) is 0 Å². The number of hydrogen-bond donors (Lipinski definition) is 2. The molecule has 5 aromatic carbocycles. The highest BCUT2D eigenvalue weighted by Crippen LogP contribution is 2.56. The van der Waals surface area contributed by atoms with Crippen LogP contribution in [0.5, 0.6) is 0 Å². The number of aliphatic hydroxyl groups is 2. The lowest BCUT2D eigenvalue weighted by molar-refractivity contribution is 0.0716. The molecule has 0 radical (unpaired) electrons. The number of para-hydroxylation sites is 1. The van der Waals surface area contributed by atoms with Gasteiger partial charge in [-0.25, -0.2) is 0 Å². The van der Waals surface area contributed by atoms with Crippen LogP contribution in [0.1, 0.15) is 40.7 Å². The van der Waals surface area contributed by atoms with Gasteiger partial charge in [0.1, 0.15) is 22.4 Å². The van der Waals surface area contributed by atoms with Crippen LogP contribution in [0, 0.1) is 0 Å². The molecule has 2 unspecified atom stereocenters. The number of hydrogen-bond acceptors (Lipinski definition) is 3. The van der Waals surface area contributed by atoms with Crippen LogP contribution < -0.4 is 0 Å². The van der Waals surface area contributed by atoms with Gasteiger partial charge in [0.25, 0.3) is 0 Å². The molecule has 3 nitrogen and oxygen atoms in total. The molecule has 0 fully saturated rings. The summed E-state index contributed by atoms with van der Waals surface area (Å²) in [4.78, 5) is 0. The maximum Gasteiger partial charge on any atom is 0.141 e. The monoisotopic (exact) mass is 506 g/mol. The first-order valence-corrected chi connectivity index (χ1v) is 13.5. The third kappa shape index (κ3) is 2.94. The molecule has 8 rings (SSSR count). The Labute approximate surface area is 226 Å². The Hall–Kier alpha value is -4.44. The Morgan fingerprint density at radius 2 is 1.33 bits per heavy atom. The fourth-order valence-electron chi connectivity index (χ4n) is 6.86. The van der Waals surface area contributed by atoms with Crippen LogP contribution in [-0.2, 0) is 11.2 Å². The molecule has 188 valence electrons. The minimum Gasteiger partial charge on any atom is -0.456 e. The summed E-state index contributed by atoms with van der Waals surface area (Å²) in [6, 6.07) is 33.9. The molecular weight excluding hydrogens is 480 g/mol. The van der Waals surface area contributed by atoms with Gasteiger partial charge < -0.3 is 14.6 Å². The summed E-state index contributed by atoms with van der Waals surface area (Å²) in [6.45, 7) is 0. The zero-order chi connectivity index (χ0) is 26.2. The van der Waals surface area contributed by atoms with E-state index in [-0.39, 0.29) is 0 Å². The summed E-state index contributed by atoms with van der Waals surface area (Å²) in [5, 5.41) is 29.9. The van der Waals surface area contributed by atoms with Gasteiger partial charge >= 0.3 is 0 Å². The molecule has 2 N–H and O–H groups in total. The van der Waals surface area contributed by atoms with Crippen LogP contribution in [0.4, 0.5) is 0 Å². The van der Waals surface area contributed by atoms with Gasteiger partial charge in [-0.3, -0.25) is 0 Å². The van der Waals surface area contributed by atoms with E-state index < -0.39 is 11.2 Å². The molecule has 0 amide bonds. The lowest BCUT2D eigenvalue weighted by Crippen LogP contribution is -2.44. The van der Waals surface area contributed by atoms with Crippen LogP contribution in [-0.4, -0.2) is 10.2 Å². The Balaban J connectivity index is 1.52. The molecule has 1 heterocycles. The van der Waals surface area contributed by atoms with E-state index in [2.05, 4.69) is 36.4 Å². The molecule has 2 aliphatic rings. The van der Waals surface area contributed by atoms with Crippen molar-refractivity contribution in [3.8, 4) is 0 Å². The highest BCUT2D eigenvalue weighted by Gasteiger charge is 2.52. The maximum atomic E-state index is 13.2. The zero-order valence-corrected chi connectivity index (χ0v) is 21.3. The molecule has 6 aromatic rings. The van der Waals surface area contributed by atoms with Gasteiger partial charge in [0.15, 0.2) is 0 Å². The van der Waals surface area contributed by atoms with E-state index in [1.165, 1.54) is 0 Å². The SMILES string of the molecule is OC1(C2=CC=CCC2)c2ccccc2C(O)(c2ccc3oc4ccccc4c3c2)c2c1ccc1ccccc21. The van der Waals surface area contributed by atoms with Gasteiger partial charge in [-0.2, -0.15) is 0 Å². The van der Waals surface area contributed by atoms with Crippen LogP contribution in [0.15, 0.2) is 131 Å². The predicted octanol–water partition coefficient (Wildman–Crippen LogP) is 7.85. The average Bonchev–Trinajstić information content (AvgIpc) is 3.38. The van der Waals surface area contributed by atoms with E-state index in [0.29, 0.717) is 11.1 Å². The highest BCUT2D eigenvalue weighted by molar-refractivity contribution is 6.05. The summed E-state index contributed by atoms with van der Waals surface area (Å²) in [5.74, 6) is 0. The average molecular weight is 507 g/mol. The lowest BCUT2D eigenvalue weighted by Gasteiger charge is -2.46. The van der Waals surface area contributed by atoms with Crippen LogP contribution in [0.2, 0.25) is 0 Å². The van der Waals surface area contributed by atoms with E-state index in [4.69, 9.17) is 4.42 Å². The second kappa shape index (κ2) is 8.03. The molecule has 0 spiro atoms. The fraction of sp³-hybridized carbons (Fsp3) is 0.111. The van der Waals surface area contributed by atoms with Crippen molar-refractivity contribution in [1.82, 2.24) is 0 Å². The summed E-state index contributed by atoms with van der Waals surface area (Å²) in [5.41, 5.74) is 3.27. The molecule has 0 saturated carbocycles. The first-order valence-electron chi connectivity index (χ1n) is 13.5. The molecule has 0 aliphatic heterocycles. The van der Waals surface area contributed by atoms with Crippen molar-refractivity contribution in [3.05, 3.63) is 155 Å². The van der Waals surface area contributed by atoms with Gasteiger partial charge in [0.05, 0.1) is 0 Å². The maximum absolute atomic E-state index is 13.2. The molecular formula is C36H26O3. The molecule has 0 bridgehead atoms. The van der Waals surface area contributed by atoms with Crippen LogP contribution >= 0.6 is 0 Å². The third-order valence-electron chi connectivity index (χ3n) is 8.66. The zero-order valence-electron chi connectivity index (χ0n) is 21.3. The van der Waals surface area contributed by atoms with E-state index in [1.807, 2.05) is 84.9 Å². The Bertz CT molecular complexity index is 2010. The van der Waals surface area contributed by atoms with Crippen LogP contribution in [0.3, 0.4) is 0 Å². The molecule has 2 atom stereocenters. The standard InChI is InChI=1S/C36H26O3/c37-35(24-11-2-1-3-12-24)29-15-7-8-16-30(29)36(38,34-26-13-5-4-10-23(26)18-20-31(34)35)25-19-21-33-28(22-25)27-14-6-9-17-32(27)39-33/h1-2,4-11,13-22,37-38H,3,12H2. The largest absolute Gasteiger partial charge is 0.456 e. The smallest absolute Gasteiger partial charge is 0.141 e. The van der Waals surface area contributed by atoms with Gasteiger partial charge in [-0.05, 0) is 69.6 Å². The first kappa shape index (κ1) is 22.5. The van der Waals surface area contributed by atoms with Crippen molar-refractivity contribution in [3.63, 3.8) is 0 Å². The molecule has 39 heavy (non-hydrogen) atoms. The number of allylic oxidation sites excluding steroid dienone is 3. The van der Waals surface area contributed by atoms with Gasteiger partial charge in [0.2, 0.25) is 0 Å². The fourth-order valence-corrected chi connectivity index (χ4v) is 6.86. The Morgan fingerprint density at radius 3 is 2.15 bits per heavy atom. The molecule has 0 saturated heterocycles. The van der Waals surface area contributed by atoms with Crippen molar-refractivity contribution in [2.45, 2.75) is 24.0 Å². The van der Waals surface area contributed by atoms with E-state index in [9.17, 15) is 10.2 Å². The lowest BCUT2D eigenvalue weighted by atomic mass is 9.61. The van der Waals surface area contributed by atoms with E-state index in [1.54, 1.807) is 0 Å². The summed E-state index contributed by atoms with van der Waals surface area (Å²) >= 11 is 0. The Kier molecular flexibility index (Phi) is 4.64. The second-order valence-corrected chi connectivity index (χ2v) is 10.6. The van der Waals surface area contributed by atoms with Gasteiger partial charge in [-0.1, -0.05) is 103 Å². The minimum atomic E-state index is -1.50. The number of furan rings is 1. The highest BCUT2D eigenvalue weighted by atomic mass is 16.3.